The summed E-state index contributed by atoms with van der Waals surface area (Å²) in [7, 11) is 0. The molecule has 31 heavy (non-hydrogen) atoms. The van der Waals surface area contributed by atoms with Crippen LogP contribution in [0.15, 0.2) is 35.2 Å². The summed E-state index contributed by atoms with van der Waals surface area (Å²) in [4.78, 5) is 13.2. The first-order valence-corrected chi connectivity index (χ1v) is 11.6. The number of hydrogen-bond donors (Lipinski definition) is 2. The van der Waals surface area contributed by atoms with Crippen molar-refractivity contribution in [1.82, 2.24) is 0 Å². The lowest BCUT2D eigenvalue weighted by Gasteiger charge is -2.15. The quantitative estimate of drug-likeness (QED) is 0.369. The molecule has 8 heteroatoms. The Labute approximate surface area is 190 Å². The van der Waals surface area contributed by atoms with E-state index in [4.69, 9.17) is 11.6 Å². The first-order valence-electron chi connectivity index (χ1n) is 10.3. The van der Waals surface area contributed by atoms with Crippen LogP contribution in [0.4, 0.5) is 18.9 Å². The number of rotatable bonds is 4. The van der Waals surface area contributed by atoms with E-state index in [-0.39, 0.29) is 28.5 Å². The monoisotopic (exact) mass is 473 g/mol. The topological polar surface area (TPSA) is 49.3 Å². The number of aliphatic hydroxyl groups is 1. The summed E-state index contributed by atoms with van der Waals surface area (Å²) in [5.41, 5.74) is 0.0892. The van der Waals surface area contributed by atoms with Crippen LogP contribution in [0.3, 0.4) is 0 Å². The number of amides is 1. The molecule has 0 aromatic heterocycles. The second-order valence-corrected chi connectivity index (χ2v) is 9.04. The number of benzene rings is 2. The molecule has 3 unspecified atom stereocenters. The van der Waals surface area contributed by atoms with Crippen LogP contribution in [0.1, 0.15) is 56.8 Å². The molecule has 3 atom stereocenters. The lowest BCUT2D eigenvalue weighted by atomic mass is 10.0. The average Bonchev–Trinajstić information content (AvgIpc) is 2.90. The molecule has 2 aromatic rings. The van der Waals surface area contributed by atoms with Crippen molar-refractivity contribution in [2.24, 2.45) is 5.92 Å². The van der Waals surface area contributed by atoms with Gasteiger partial charge < -0.3 is 10.4 Å². The minimum absolute atomic E-state index is 0.178. The van der Waals surface area contributed by atoms with Gasteiger partial charge >= 0.3 is 0 Å². The summed E-state index contributed by atoms with van der Waals surface area (Å²) in [6.45, 7) is 6.04. The fraction of sp³-hybridized carbons (Fsp3) is 0.435. The zero-order chi connectivity index (χ0) is 23.1. The first kappa shape index (κ1) is 25.6. The molecule has 170 valence electrons. The zero-order valence-electron chi connectivity index (χ0n) is 17.7. The number of halogens is 4. The highest BCUT2D eigenvalue weighted by Crippen LogP contribution is 2.38. The smallest absolute Gasteiger partial charge is 0.255 e. The summed E-state index contributed by atoms with van der Waals surface area (Å²) in [5, 5.41) is 13.2. The number of aliphatic hydroxyl groups excluding tert-OH is 1. The van der Waals surface area contributed by atoms with E-state index in [1.165, 1.54) is 6.07 Å². The Kier molecular flexibility index (Phi) is 9.72. The Balaban J connectivity index is 0.00000166. The van der Waals surface area contributed by atoms with E-state index in [9.17, 15) is 23.1 Å². The summed E-state index contributed by atoms with van der Waals surface area (Å²) in [5.74, 6) is -4.67. The van der Waals surface area contributed by atoms with Crippen LogP contribution in [0.2, 0.25) is 5.02 Å². The van der Waals surface area contributed by atoms with Gasteiger partial charge in [-0.2, -0.15) is 0 Å². The molecule has 0 heterocycles. The minimum atomic E-state index is -1.59. The third-order valence-corrected chi connectivity index (χ3v) is 6.95. The van der Waals surface area contributed by atoms with Gasteiger partial charge in [0.2, 0.25) is 0 Å². The molecular formula is C23H27ClF3NO2S. The van der Waals surface area contributed by atoms with Crippen LogP contribution in [0, 0.1) is 23.4 Å². The maximum Gasteiger partial charge on any atom is 0.255 e. The SMILES string of the molecule is CC.CC1CCC(Sc2cc(C(=O)Nc3cc(F)c(F)c(F)c3)ccc2Cl)CCC1O. The minimum Gasteiger partial charge on any atom is -0.393 e. The van der Waals surface area contributed by atoms with E-state index < -0.39 is 23.4 Å². The highest BCUT2D eigenvalue weighted by molar-refractivity contribution is 8.00. The Hall–Kier alpha value is -1.70. The van der Waals surface area contributed by atoms with Crippen molar-refractivity contribution in [1.29, 1.82) is 0 Å². The van der Waals surface area contributed by atoms with Crippen LogP contribution in [-0.4, -0.2) is 22.4 Å². The van der Waals surface area contributed by atoms with Crippen LogP contribution >= 0.6 is 23.4 Å². The van der Waals surface area contributed by atoms with Crippen LogP contribution in [0.5, 0.6) is 0 Å². The number of thioether (sulfide) groups is 1. The van der Waals surface area contributed by atoms with Gasteiger partial charge in [0.25, 0.3) is 5.91 Å². The third kappa shape index (κ3) is 6.89. The molecular weight excluding hydrogens is 447 g/mol. The van der Waals surface area contributed by atoms with Gasteiger partial charge in [0.1, 0.15) is 0 Å². The number of anilines is 1. The molecule has 0 radical (unpaired) electrons. The number of nitrogens with one attached hydrogen (secondary N) is 1. The van der Waals surface area contributed by atoms with Gasteiger partial charge in [-0.1, -0.05) is 32.4 Å². The third-order valence-electron chi connectivity index (χ3n) is 5.11. The van der Waals surface area contributed by atoms with E-state index >= 15 is 0 Å². The maximum absolute atomic E-state index is 13.4. The maximum atomic E-state index is 13.4. The normalized spacial score (nSPS) is 21.0. The average molecular weight is 474 g/mol. The fourth-order valence-electron chi connectivity index (χ4n) is 3.29. The molecule has 3 rings (SSSR count). The van der Waals surface area contributed by atoms with Crippen molar-refractivity contribution in [2.75, 3.05) is 5.32 Å². The Bertz CT molecular complexity index is 877. The van der Waals surface area contributed by atoms with E-state index in [0.29, 0.717) is 5.02 Å². The Morgan fingerprint density at radius 1 is 1.06 bits per heavy atom. The Morgan fingerprint density at radius 2 is 1.68 bits per heavy atom. The van der Waals surface area contributed by atoms with Crippen molar-refractivity contribution in [2.45, 2.75) is 62.7 Å². The largest absolute Gasteiger partial charge is 0.393 e. The summed E-state index contributed by atoms with van der Waals surface area (Å²) >= 11 is 7.86. The van der Waals surface area contributed by atoms with Crippen LogP contribution in [0.25, 0.3) is 0 Å². The van der Waals surface area contributed by atoms with E-state index in [0.717, 1.165) is 42.7 Å². The lowest BCUT2D eigenvalue weighted by molar-refractivity contribution is 0.102. The zero-order valence-corrected chi connectivity index (χ0v) is 19.3. The van der Waals surface area contributed by atoms with Gasteiger partial charge in [-0.25, -0.2) is 13.2 Å². The van der Waals surface area contributed by atoms with Gasteiger partial charge in [0.15, 0.2) is 17.5 Å². The van der Waals surface area contributed by atoms with Gasteiger partial charge in [0.05, 0.1) is 11.1 Å². The van der Waals surface area contributed by atoms with E-state index in [2.05, 4.69) is 5.32 Å². The second kappa shape index (κ2) is 11.8. The highest BCUT2D eigenvalue weighted by atomic mass is 35.5. The lowest BCUT2D eigenvalue weighted by Crippen LogP contribution is -2.14. The van der Waals surface area contributed by atoms with Crippen molar-refractivity contribution < 1.29 is 23.1 Å². The van der Waals surface area contributed by atoms with Crippen molar-refractivity contribution in [3.8, 4) is 0 Å². The summed E-state index contributed by atoms with van der Waals surface area (Å²) in [6, 6.07) is 6.18. The van der Waals surface area contributed by atoms with Crippen molar-refractivity contribution in [3.63, 3.8) is 0 Å². The molecule has 1 fully saturated rings. The molecule has 3 nitrogen and oxygen atoms in total. The van der Waals surface area contributed by atoms with Gasteiger partial charge in [-0.3, -0.25) is 4.79 Å². The molecule has 1 aliphatic carbocycles. The fourth-order valence-corrected chi connectivity index (χ4v) is 4.78. The molecule has 0 aliphatic heterocycles. The van der Waals surface area contributed by atoms with Crippen LogP contribution in [-0.2, 0) is 0 Å². The van der Waals surface area contributed by atoms with Gasteiger partial charge in [0, 0.05) is 33.5 Å². The predicted octanol–water partition coefficient (Wildman–Crippen LogP) is 7.07. The molecule has 0 bridgehead atoms. The summed E-state index contributed by atoms with van der Waals surface area (Å²) < 4.78 is 39.8. The summed E-state index contributed by atoms with van der Waals surface area (Å²) in [6.07, 6.45) is 3.11. The van der Waals surface area contributed by atoms with E-state index in [1.54, 1.807) is 23.9 Å². The van der Waals surface area contributed by atoms with Crippen LogP contribution < -0.4 is 5.32 Å². The number of carbonyl (C=O) groups excluding carboxylic acids is 1. The number of hydrogen-bond acceptors (Lipinski definition) is 3. The molecule has 2 N–H and O–H groups in total. The molecule has 2 aromatic carbocycles. The predicted molar refractivity (Wildman–Crippen MR) is 120 cm³/mol. The Morgan fingerprint density at radius 3 is 2.32 bits per heavy atom. The first-order chi connectivity index (χ1) is 14.7. The van der Waals surface area contributed by atoms with Crippen molar-refractivity contribution >= 4 is 35.0 Å². The highest BCUT2D eigenvalue weighted by Gasteiger charge is 2.24. The molecule has 0 saturated heterocycles. The van der Waals surface area contributed by atoms with Crippen molar-refractivity contribution in [3.05, 3.63) is 58.4 Å². The molecule has 0 spiro atoms. The van der Waals surface area contributed by atoms with E-state index in [1.807, 2.05) is 20.8 Å². The number of carbonyl (C=O) groups is 1. The second-order valence-electron chi connectivity index (χ2n) is 7.29. The van der Waals surface area contributed by atoms with Gasteiger partial charge in [-0.15, -0.1) is 11.8 Å². The van der Waals surface area contributed by atoms with Gasteiger partial charge in [-0.05, 0) is 49.8 Å². The molecule has 1 amide bonds. The standard InChI is InChI=1S/C21H21ClF3NO2S.C2H6/c1-11-2-4-14(5-7-18(11)27)29-19-8-12(3-6-15(19)22)21(28)26-13-9-16(23)20(25)17(24)10-13;1-2/h3,6,8-11,14,18,27H,2,4-5,7H2,1H3,(H,26,28);1-2H3. The molecule has 1 aliphatic rings. The molecule has 1 saturated carbocycles.